The summed E-state index contributed by atoms with van der Waals surface area (Å²) in [6, 6.07) is -0.607. The second-order valence-electron chi connectivity index (χ2n) is 3.03. The summed E-state index contributed by atoms with van der Waals surface area (Å²) in [6.45, 7) is 12.8. The van der Waals surface area contributed by atoms with Gasteiger partial charge in [0, 0.05) is 6.42 Å². The van der Waals surface area contributed by atoms with E-state index in [0.717, 1.165) is 0 Å². The van der Waals surface area contributed by atoms with Crippen LogP contribution in [0.3, 0.4) is 0 Å². The zero-order valence-corrected chi connectivity index (χ0v) is 7.83. The van der Waals surface area contributed by atoms with Gasteiger partial charge >= 0.3 is 12.0 Å². The first-order chi connectivity index (χ1) is 5.61. The molecule has 0 saturated carbocycles. The quantitative estimate of drug-likeness (QED) is 0.475. The van der Waals surface area contributed by atoms with Gasteiger partial charge in [0.05, 0.1) is 6.61 Å². The van der Waals surface area contributed by atoms with Crippen LogP contribution < -0.4 is 0 Å². The normalized spacial score (nSPS) is 12.2. The minimum absolute atomic E-state index is 0.350. The van der Waals surface area contributed by atoms with Gasteiger partial charge < -0.3 is 9.58 Å². The second kappa shape index (κ2) is 5.59. The summed E-state index contributed by atoms with van der Waals surface area (Å²) in [4.78, 5) is 14.3. The number of ether oxygens (including phenoxy) is 1. The molecule has 12 heavy (non-hydrogen) atoms. The van der Waals surface area contributed by atoms with Gasteiger partial charge in [-0.1, -0.05) is 13.8 Å². The molecule has 0 rings (SSSR count). The summed E-state index contributed by atoms with van der Waals surface area (Å²) in [6.07, 6.45) is 0.586. The number of carbonyl (C=O) groups excluding carboxylic acids is 1. The number of esters is 1. The molecule has 0 bridgehead atoms. The largest absolute Gasteiger partial charge is 0.460 e. The number of nitrogens with zero attached hydrogens (tertiary/aromatic N) is 1. The van der Waals surface area contributed by atoms with Crippen LogP contribution in [0.4, 0.5) is 0 Å². The van der Waals surface area contributed by atoms with Crippen molar-refractivity contribution in [3.05, 3.63) is 11.4 Å². The molecule has 0 aliphatic rings. The molecule has 0 unspecified atom stereocenters. The third-order valence-electron chi connectivity index (χ3n) is 1.41. The van der Waals surface area contributed by atoms with Gasteiger partial charge in [-0.3, -0.25) is 0 Å². The zero-order valence-electron chi connectivity index (χ0n) is 7.83. The van der Waals surface area contributed by atoms with Crippen LogP contribution in [-0.2, 0) is 9.53 Å². The predicted octanol–water partition coefficient (Wildman–Crippen LogP) is 1.88. The Hall–Kier alpha value is -1.04. The number of rotatable bonds is 4. The van der Waals surface area contributed by atoms with Crippen LogP contribution in [0.1, 0.15) is 27.2 Å². The first-order valence-electron chi connectivity index (χ1n) is 4.15. The molecule has 0 radical (unpaired) electrons. The zero-order chi connectivity index (χ0) is 9.56. The molecule has 0 aromatic carbocycles. The van der Waals surface area contributed by atoms with Crippen molar-refractivity contribution in [1.82, 2.24) is 0 Å². The van der Waals surface area contributed by atoms with Gasteiger partial charge in [-0.2, -0.15) is 0 Å². The van der Waals surface area contributed by atoms with Crippen LogP contribution in [0.15, 0.2) is 0 Å². The molecule has 0 N–H and O–H groups in total. The molecule has 0 heterocycles. The van der Waals surface area contributed by atoms with Gasteiger partial charge in [0.2, 0.25) is 0 Å². The lowest BCUT2D eigenvalue weighted by Crippen LogP contribution is -2.21. The van der Waals surface area contributed by atoms with Crippen molar-refractivity contribution in [3.63, 3.8) is 0 Å². The second-order valence-corrected chi connectivity index (χ2v) is 3.03. The van der Waals surface area contributed by atoms with Crippen LogP contribution in [-0.4, -0.2) is 18.6 Å². The molecule has 0 spiro atoms. The third-order valence-corrected chi connectivity index (χ3v) is 1.41. The molecule has 0 aromatic heterocycles. The van der Waals surface area contributed by atoms with Gasteiger partial charge in [-0.05, 0) is 12.8 Å². The molecule has 0 aromatic rings. The van der Waals surface area contributed by atoms with Crippen molar-refractivity contribution < 1.29 is 9.53 Å². The Labute approximate surface area is 73.5 Å². The van der Waals surface area contributed by atoms with E-state index in [1.165, 1.54) is 0 Å². The van der Waals surface area contributed by atoms with Gasteiger partial charge in [-0.25, -0.2) is 11.4 Å². The van der Waals surface area contributed by atoms with E-state index in [1.54, 1.807) is 6.92 Å². The molecule has 0 fully saturated rings. The van der Waals surface area contributed by atoms with Crippen LogP contribution in [0.5, 0.6) is 0 Å². The smallest absolute Gasteiger partial charge is 0.390 e. The van der Waals surface area contributed by atoms with Crippen molar-refractivity contribution in [2.75, 3.05) is 6.61 Å². The molecule has 0 aliphatic carbocycles. The minimum Gasteiger partial charge on any atom is -0.460 e. The standard InChI is InChI=1S/C9H15NO2/c1-5-12-9(11)8(10-4)6-7(2)3/h7-8H,5-6H2,1-3H3/t8-/m1/s1. The first-order valence-corrected chi connectivity index (χ1v) is 4.15. The van der Waals surface area contributed by atoms with Crippen LogP contribution in [0.2, 0.25) is 0 Å². The lowest BCUT2D eigenvalue weighted by atomic mass is 10.0. The molecule has 3 heteroatoms. The highest BCUT2D eigenvalue weighted by atomic mass is 16.5. The van der Waals surface area contributed by atoms with Gasteiger partial charge in [-0.15, -0.1) is 0 Å². The predicted molar refractivity (Wildman–Crippen MR) is 46.5 cm³/mol. The van der Waals surface area contributed by atoms with E-state index in [-0.39, 0.29) is 5.97 Å². The molecule has 3 nitrogen and oxygen atoms in total. The SMILES string of the molecule is [C-]#[N+][C@H](CC(C)C)C(=O)OCC. The van der Waals surface area contributed by atoms with Gasteiger partial charge in [0.15, 0.2) is 0 Å². The number of carbonyl (C=O) groups is 1. The van der Waals surface area contributed by atoms with Crippen molar-refractivity contribution >= 4 is 5.97 Å². The highest BCUT2D eigenvalue weighted by Gasteiger charge is 2.25. The van der Waals surface area contributed by atoms with E-state index >= 15 is 0 Å². The summed E-state index contributed by atoms with van der Waals surface area (Å²) in [5.41, 5.74) is 0. The Balaban J connectivity index is 3.99. The fourth-order valence-electron chi connectivity index (χ4n) is 0.887. The maximum absolute atomic E-state index is 11.1. The van der Waals surface area contributed by atoms with Crippen molar-refractivity contribution in [1.29, 1.82) is 0 Å². The van der Waals surface area contributed by atoms with Crippen molar-refractivity contribution in [2.24, 2.45) is 5.92 Å². The van der Waals surface area contributed by atoms with Crippen molar-refractivity contribution in [2.45, 2.75) is 33.2 Å². The Morgan fingerprint density at radius 1 is 1.58 bits per heavy atom. The average Bonchev–Trinajstić information content (AvgIpc) is 2.00. The molecule has 0 saturated heterocycles. The van der Waals surface area contributed by atoms with Crippen LogP contribution >= 0.6 is 0 Å². The summed E-state index contributed by atoms with van der Waals surface area (Å²) >= 11 is 0. The summed E-state index contributed by atoms with van der Waals surface area (Å²) in [7, 11) is 0. The fourth-order valence-corrected chi connectivity index (χ4v) is 0.887. The maximum Gasteiger partial charge on any atom is 0.390 e. The molecule has 1 atom stereocenters. The monoisotopic (exact) mass is 169 g/mol. The molecule has 0 amide bonds. The summed E-state index contributed by atoms with van der Waals surface area (Å²) in [5, 5.41) is 0. The Kier molecular flexibility index (Phi) is 5.11. The van der Waals surface area contributed by atoms with Gasteiger partial charge in [0.25, 0.3) is 0 Å². The van der Waals surface area contributed by atoms with E-state index in [2.05, 4.69) is 4.85 Å². The van der Waals surface area contributed by atoms with E-state index < -0.39 is 6.04 Å². The number of hydrogen-bond acceptors (Lipinski definition) is 2. The minimum atomic E-state index is -0.607. The maximum atomic E-state index is 11.1. The number of hydrogen-bond donors (Lipinski definition) is 0. The lowest BCUT2D eigenvalue weighted by Gasteiger charge is -2.06. The summed E-state index contributed by atoms with van der Waals surface area (Å²) in [5.74, 6) is -0.0327. The topological polar surface area (TPSA) is 30.7 Å². The first kappa shape index (κ1) is 11.0. The molecule has 68 valence electrons. The highest BCUT2D eigenvalue weighted by Crippen LogP contribution is 2.09. The lowest BCUT2D eigenvalue weighted by molar-refractivity contribution is -0.143. The Bertz CT molecular complexity index is 181. The average molecular weight is 169 g/mol. The van der Waals surface area contributed by atoms with Gasteiger partial charge in [0.1, 0.15) is 0 Å². The molecular weight excluding hydrogens is 154 g/mol. The van der Waals surface area contributed by atoms with Crippen molar-refractivity contribution in [3.8, 4) is 0 Å². The van der Waals surface area contributed by atoms with E-state index in [0.29, 0.717) is 18.9 Å². The van der Waals surface area contributed by atoms with E-state index in [4.69, 9.17) is 11.3 Å². The Morgan fingerprint density at radius 3 is 2.50 bits per heavy atom. The molecular formula is C9H15NO2. The summed E-state index contributed by atoms with van der Waals surface area (Å²) < 4.78 is 4.74. The fraction of sp³-hybridized carbons (Fsp3) is 0.778. The third kappa shape index (κ3) is 3.97. The highest BCUT2D eigenvalue weighted by molar-refractivity contribution is 5.77. The van der Waals surface area contributed by atoms with E-state index in [9.17, 15) is 4.79 Å². The van der Waals surface area contributed by atoms with Crippen LogP contribution in [0, 0.1) is 12.5 Å². The Morgan fingerprint density at radius 2 is 2.17 bits per heavy atom. The molecule has 0 aliphatic heterocycles. The van der Waals surface area contributed by atoms with E-state index in [1.807, 2.05) is 13.8 Å². The van der Waals surface area contributed by atoms with Crippen LogP contribution in [0.25, 0.3) is 4.85 Å².